The van der Waals surface area contributed by atoms with Gasteiger partial charge in [-0.2, -0.15) is 0 Å². The summed E-state index contributed by atoms with van der Waals surface area (Å²) in [6.07, 6.45) is 0. The molecule has 0 saturated carbocycles. The standard InChI is InChI=1S/C64H42N2O/c1-2-14-43(15-3-1)44-28-30-45(31-29-44)46-32-36-51(37-33-46)65(59-24-9-8-22-56(59)57-23-13-27-62-64(57)58-41-49-16-4-5-17-50(49)42-63(58)67-62)52-38-34-47(35-39-52)48-18-12-19-53(40-48)66-60-25-10-6-20-54(60)55-21-7-11-26-61(55)66/h1-42H/i1D,2D,3D,14D,15D,28D,29D,30D,31D,32D,33D,36D,37D. The molecule has 13 rings (SSSR count). The molecule has 0 atom stereocenters. The Balaban J connectivity index is 1.01. The van der Waals surface area contributed by atoms with Gasteiger partial charge in [-0.1, -0.05) is 182 Å². The summed E-state index contributed by atoms with van der Waals surface area (Å²) < 4.78 is 126. The molecule has 0 radical (unpaired) electrons. The Hall–Kier alpha value is -8.92. The van der Waals surface area contributed by atoms with Crippen molar-refractivity contribution in [1.82, 2.24) is 4.57 Å². The fraction of sp³-hybridized carbons (Fsp3) is 0. The third-order valence-electron chi connectivity index (χ3n) is 12.4. The maximum atomic E-state index is 9.88. The van der Waals surface area contributed by atoms with Gasteiger partial charge in [0.1, 0.15) is 11.2 Å². The molecule has 3 heteroatoms. The van der Waals surface area contributed by atoms with Gasteiger partial charge < -0.3 is 13.9 Å². The van der Waals surface area contributed by atoms with Crippen LogP contribution in [0.1, 0.15) is 17.8 Å². The second kappa shape index (κ2) is 16.0. The summed E-state index contributed by atoms with van der Waals surface area (Å²) in [4.78, 5) is 1.67. The zero-order valence-electron chi connectivity index (χ0n) is 48.5. The lowest BCUT2D eigenvalue weighted by molar-refractivity contribution is 0.669. The van der Waals surface area contributed by atoms with Crippen molar-refractivity contribution in [3.8, 4) is 50.2 Å². The van der Waals surface area contributed by atoms with E-state index in [1.165, 1.54) is 0 Å². The first-order chi connectivity index (χ1) is 38.6. The fourth-order valence-corrected chi connectivity index (χ4v) is 9.33. The summed E-state index contributed by atoms with van der Waals surface area (Å²) >= 11 is 0. The predicted octanol–water partition coefficient (Wildman–Crippen LogP) is 18.0. The molecule has 0 N–H and O–H groups in total. The van der Waals surface area contributed by atoms with Crippen LogP contribution < -0.4 is 4.90 Å². The maximum Gasteiger partial charge on any atom is 0.136 e. The van der Waals surface area contributed by atoms with Gasteiger partial charge in [0, 0.05) is 44.2 Å². The van der Waals surface area contributed by atoms with Crippen LogP contribution in [-0.2, 0) is 0 Å². The van der Waals surface area contributed by atoms with Gasteiger partial charge in [-0.25, -0.2) is 0 Å². The lowest BCUT2D eigenvalue weighted by atomic mass is 9.96. The number of nitrogens with zero attached hydrogens (tertiary/aromatic N) is 2. The quantitative estimate of drug-likeness (QED) is 0.152. The largest absolute Gasteiger partial charge is 0.456 e. The van der Waals surface area contributed by atoms with Crippen molar-refractivity contribution in [2.75, 3.05) is 4.90 Å². The average Bonchev–Trinajstić information content (AvgIpc) is 4.12. The lowest BCUT2D eigenvalue weighted by Crippen LogP contribution is -2.11. The van der Waals surface area contributed by atoms with Gasteiger partial charge in [-0.15, -0.1) is 0 Å². The van der Waals surface area contributed by atoms with Crippen molar-refractivity contribution >= 4 is 71.6 Å². The van der Waals surface area contributed by atoms with Gasteiger partial charge in [-0.3, -0.25) is 0 Å². The fourth-order valence-electron chi connectivity index (χ4n) is 9.33. The first-order valence-corrected chi connectivity index (χ1v) is 21.9. The molecule has 0 spiro atoms. The molecule has 0 aliphatic rings. The molecule has 0 unspecified atom stereocenters. The summed E-state index contributed by atoms with van der Waals surface area (Å²) in [5.74, 6) is 0. The van der Waals surface area contributed by atoms with E-state index >= 15 is 0 Å². The number of aromatic nitrogens is 1. The molecule has 314 valence electrons. The highest BCUT2D eigenvalue weighted by atomic mass is 16.3. The van der Waals surface area contributed by atoms with Gasteiger partial charge in [0.05, 0.1) is 34.5 Å². The molecule has 0 bridgehead atoms. The van der Waals surface area contributed by atoms with Crippen LogP contribution in [0, 0.1) is 0 Å². The Labute approximate surface area is 406 Å². The van der Waals surface area contributed by atoms with Crippen LogP contribution in [0.15, 0.2) is 259 Å². The summed E-state index contributed by atoms with van der Waals surface area (Å²) in [6.45, 7) is 0. The molecule has 0 aliphatic heterocycles. The van der Waals surface area contributed by atoms with Crippen LogP contribution in [0.3, 0.4) is 0 Å². The molecule has 67 heavy (non-hydrogen) atoms. The zero-order chi connectivity index (χ0) is 55.6. The van der Waals surface area contributed by atoms with Crippen molar-refractivity contribution in [1.29, 1.82) is 0 Å². The molecular formula is C64H42N2O. The summed E-state index contributed by atoms with van der Waals surface area (Å²) in [5, 5.41) is 6.00. The van der Waals surface area contributed by atoms with Gasteiger partial charge in [-0.05, 0) is 122 Å². The second-order valence-electron chi connectivity index (χ2n) is 16.3. The van der Waals surface area contributed by atoms with Crippen LogP contribution in [0.5, 0.6) is 0 Å². The normalized spacial score (nSPS) is 14.3. The minimum absolute atomic E-state index is 0.168. The van der Waals surface area contributed by atoms with Gasteiger partial charge in [0.2, 0.25) is 0 Å². The van der Waals surface area contributed by atoms with E-state index in [9.17, 15) is 8.22 Å². The number of hydrogen-bond acceptors (Lipinski definition) is 2. The van der Waals surface area contributed by atoms with Crippen LogP contribution >= 0.6 is 0 Å². The second-order valence-corrected chi connectivity index (χ2v) is 16.3. The highest BCUT2D eigenvalue weighted by molar-refractivity contribution is 6.17. The van der Waals surface area contributed by atoms with E-state index < -0.39 is 101 Å². The molecule has 2 heterocycles. The Bertz CT molecular complexity index is 4640. The molecule has 11 aromatic carbocycles. The van der Waals surface area contributed by atoms with E-state index in [1.54, 1.807) is 4.90 Å². The van der Waals surface area contributed by atoms with E-state index in [1.807, 2.05) is 133 Å². The monoisotopic (exact) mass is 867 g/mol. The maximum absolute atomic E-state index is 9.88. The average molecular weight is 868 g/mol. The number of furan rings is 1. The smallest absolute Gasteiger partial charge is 0.136 e. The molecular weight excluding hydrogens is 813 g/mol. The van der Waals surface area contributed by atoms with Crippen molar-refractivity contribution in [2.45, 2.75) is 0 Å². The number of benzene rings is 11. The number of rotatable bonds is 8. The molecule has 3 nitrogen and oxygen atoms in total. The summed E-state index contributed by atoms with van der Waals surface area (Å²) in [7, 11) is 0. The highest BCUT2D eigenvalue weighted by Gasteiger charge is 2.21. The number of para-hydroxylation sites is 3. The molecule has 0 aliphatic carbocycles. The van der Waals surface area contributed by atoms with Crippen LogP contribution in [0.25, 0.3) is 105 Å². The third kappa shape index (κ3) is 6.67. The van der Waals surface area contributed by atoms with Gasteiger partial charge in [0.15, 0.2) is 0 Å². The highest BCUT2D eigenvalue weighted by Crippen LogP contribution is 2.46. The molecule has 2 aromatic heterocycles. The minimum atomic E-state index is -0.786. The van der Waals surface area contributed by atoms with Crippen molar-refractivity contribution in [3.05, 3.63) is 254 Å². The van der Waals surface area contributed by atoms with Crippen LogP contribution in [0.2, 0.25) is 0 Å². The van der Waals surface area contributed by atoms with E-state index in [0.717, 1.165) is 65.7 Å². The van der Waals surface area contributed by atoms with Crippen molar-refractivity contribution in [2.24, 2.45) is 0 Å². The molecule has 0 fully saturated rings. The minimum Gasteiger partial charge on any atom is -0.456 e. The number of anilines is 3. The first kappa shape index (κ1) is 27.4. The predicted molar refractivity (Wildman–Crippen MR) is 282 cm³/mol. The zero-order valence-corrected chi connectivity index (χ0v) is 35.5. The van der Waals surface area contributed by atoms with Gasteiger partial charge >= 0.3 is 0 Å². The molecule has 13 aromatic rings. The Morgan fingerprint density at radius 3 is 1.67 bits per heavy atom. The topological polar surface area (TPSA) is 21.3 Å². The van der Waals surface area contributed by atoms with E-state index in [-0.39, 0.29) is 5.69 Å². The lowest BCUT2D eigenvalue weighted by Gasteiger charge is -2.28. The van der Waals surface area contributed by atoms with Gasteiger partial charge in [0.25, 0.3) is 0 Å². The van der Waals surface area contributed by atoms with Crippen LogP contribution in [0.4, 0.5) is 17.1 Å². The van der Waals surface area contributed by atoms with Crippen molar-refractivity contribution in [3.63, 3.8) is 0 Å². The number of hydrogen-bond donors (Lipinski definition) is 0. The Morgan fingerprint density at radius 2 is 0.955 bits per heavy atom. The van der Waals surface area contributed by atoms with E-state index in [0.29, 0.717) is 28.1 Å². The number of fused-ring (bicyclic) bond motifs is 7. The Kier molecular flexibility index (Phi) is 6.53. The summed E-state index contributed by atoms with van der Waals surface area (Å²) in [5.41, 5.74) is 6.24. The van der Waals surface area contributed by atoms with Crippen LogP contribution in [-0.4, -0.2) is 4.57 Å². The molecule has 0 saturated heterocycles. The van der Waals surface area contributed by atoms with E-state index in [4.69, 9.17) is 14.0 Å². The van der Waals surface area contributed by atoms with Crippen molar-refractivity contribution < 1.29 is 22.2 Å². The summed E-state index contributed by atoms with van der Waals surface area (Å²) in [6, 6.07) is 48.7. The Morgan fingerprint density at radius 1 is 0.373 bits per heavy atom. The SMILES string of the molecule is [2H]c1c([2H])c([2H])c(-c2c([2H])c([2H])c(-c3c([2H])c([2H])c(N(c4ccc(-c5cccc(-n6c7ccccc7c7ccccc76)c5)cc4)c4ccccc4-c4cccc5oc6cc7ccccc7cc6c45)c([2H])c3[2H])c([2H])c2[2H])c([2H])c1[2H]. The third-order valence-corrected chi connectivity index (χ3v) is 12.4. The first-order valence-electron chi connectivity index (χ1n) is 28.4. The van der Waals surface area contributed by atoms with E-state index in [2.05, 4.69) is 47.0 Å². The molecule has 0 amide bonds.